The zero-order valence-corrected chi connectivity index (χ0v) is 12.5. The number of hydrogen-bond acceptors (Lipinski definition) is 6. The minimum Gasteiger partial charge on any atom is -0.478 e. The molecule has 2 aromatic rings. The Labute approximate surface area is 129 Å². The van der Waals surface area contributed by atoms with Crippen LogP contribution in [0.2, 0.25) is 0 Å². The van der Waals surface area contributed by atoms with E-state index in [9.17, 15) is 23.3 Å². The van der Waals surface area contributed by atoms with Gasteiger partial charge in [0.2, 0.25) is 8.87 Å². The van der Waals surface area contributed by atoms with Crippen LogP contribution < -0.4 is 0 Å². The van der Waals surface area contributed by atoms with E-state index in [1.807, 2.05) is 0 Å². The molecule has 0 unspecified atom stereocenters. The summed E-state index contributed by atoms with van der Waals surface area (Å²) in [5.74, 6) is -1.39. The van der Waals surface area contributed by atoms with Crippen LogP contribution in [0.4, 0.5) is 5.69 Å². The standard InChI is InChI=1S/C13H9NO6S2/c15-13(16)9-5-1-4-8-12(9)22(19,20)21-11-7-3-2-6-10(11)14(17)18/h1-8H,(H,15,16). The lowest BCUT2D eigenvalue weighted by Gasteiger charge is -2.07. The molecule has 0 radical (unpaired) electrons. The number of nitrogens with zero attached hydrogens (tertiary/aromatic N) is 1. The van der Waals surface area contributed by atoms with Crippen LogP contribution in [0, 0.1) is 10.1 Å². The fourth-order valence-corrected chi connectivity index (χ4v) is 4.90. The Morgan fingerprint density at radius 3 is 2.32 bits per heavy atom. The van der Waals surface area contributed by atoms with E-state index < -0.39 is 24.7 Å². The van der Waals surface area contributed by atoms with Gasteiger partial charge in [0.25, 0.3) is 5.69 Å². The number of aromatic carboxylic acids is 1. The van der Waals surface area contributed by atoms with Gasteiger partial charge in [-0.2, -0.15) is 0 Å². The number of nitro groups is 1. The molecule has 0 saturated carbocycles. The van der Waals surface area contributed by atoms with Crippen LogP contribution in [0.3, 0.4) is 0 Å². The number of carboxylic acids is 1. The molecule has 0 atom stereocenters. The van der Waals surface area contributed by atoms with Crippen LogP contribution in [-0.4, -0.2) is 24.4 Å². The summed E-state index contributed by atoms with van der Waals surface area (Å²) in [6.45, 7) is 0. The van der Waals surface area contributed by atoms with Crippen LogP contribution in [0.5, 0.6) is 0 Å². The topological polar surface area (TPSA) is 115 Å². The molecule has 0 aliphatic rings. The predicted octanol–water partition coefficient (Wildman–Crippen LogP) is 2.77. The lowest BCUT2D eigenvalue weighted by Crippen LogP contribution is -2.06. The maximum absolute atomic E-state index is 12.4. The van der Waals surface area contributed by atoms with E-state index in [0.717, 1.165) is 12.1 Å². The second-order valence-corrected chi connectivity index (χ2v) is 7.83. The molecule has 0 bridgehead atoms. The molecule has 22 heavy (non-hydrogen) atoms. The number of carbonyl (C=O) groups is 1. The van der Waals surface area contributed by atoms with Gasteiger partial charge in [-0.25, -0.2) is 13.2 Å². The highest BCUT2D eigenvalue weighted by atomic mass is 33.1. The maximum atomic E-state index is 12.4. The molecule has 1 N–H and O–H groups in total. The van der Waals surface area contributed by atoms with E-state index in [4.69, 9.17) is 5.11 Å². The Hall–Kier alpha value is -2.39. The molecule has 0 heterocycles. The first-order valence-electron chi connectivity index (χ1n) is 5.83. The molecule has 0 fully saturated rings. The van der Waals surface area contributed by atoms with Gasteiger partial charge in [0, 0.05) is 16.9 Å². The van der Waals surface area contributed by atoms with Crippen LogP contribution in [0.15, 0.2) is 58.3 Å². The molecule has 0 aliphatic heterocycles. The van der Waals surface area contributed by atoms with E-state index in [2.05, 4.69) is 0 Å². The minimum absolute atomic E-state index is 0.0762. The highest BCUT2D eigenvalue weighted by Gasteiger charge is 2.26. The lowest BCUT2D eigenvalue weighted by molar-refractivity contribution is -0.387. The summed E-state index contributed by atoms with van der Waals surface area (Å²) in [5.41, 5.74) is -0.738. The summed E-state index contributed by atoms with van der Waals surface area (Å²) < 4.78 is 24.8. The smallest absolute Gasteiger partial charge is 0.337 e. The van der Waals surface area contributed by atoms with Crippen molar-refractivity contribution in [2.75, 3.05) is 0 Å². The average molecular weight is 339 g/mol. The summed E-state index contributed by atoms with van der Waals surface area (Å²) in [6, 6.07) is 10.5. The first kappa shape index (κ1) is 16.0. The van der Waals surface area contributed by atoms with Crippen molar-refractivity contribution in [3.05, 3.63) is 64.2 Å². The van der Waals surface area contributed by atoms with Crippen molar-refractivity contribution in [1.29, 1.82) is 0 Å². The normalized spacial score (nSPS) is 11.1. The third-order valence-corrected chi connectivity index (χ3v) is 6.02. The van der Waals surface area contributed by atoms with Crippen molar-refractivity contribution in [3.63, 3.8) is 0 Å². The highest BCUT2D eigenvalue weighted by Crippen LogP contribution is 2.37. The molecule has 0 saturated heterocycles. The molecule has 2 rings (SSSR count). The lowest BCUT2D eigenvalue weighted by atomic mass is 10.2. The van der Waals surface area contributed by atoms with E-state index in [-0.39, 0.29) is 26.9 Å². The van der Waals surface area contributed by atoms with Crippen molar-refractivity contribution in [1.82, 2.24) is 0 Å². The summed E-state index contributed by atoms with van der Waals surface area (Å²) in [7, 11) is -3.86. The van der Waals surface area contributed by atoms with Gasteiger partial charge in [-0.05, 0) is 18.2 Å². The minimum atomic E-state index is -4.11. The molecule has 0 aliphatic carbocycles. The Balaban J connectivity index is 2.50. The van der Waals surface area contributed by atoms with Gasteiger partial charge in [-0.3, -0.25) is 10.1 Å². The summed E-state index contributed by atoms with van der Waals surface area (Å²) >= 11 is 0. The van der Waals surface area contributed by atoms with E-state index in [1.165, 1.54) is 36.4 Å². The SMILES string of the molecule is O=C(O)c1ccccc1S(=O)(=O)Sc1ccccc1[N+](=O)[O-]. The van der Waals surface area contributed by atoms with E-state index in [0.29, 0.717) is 0 Å². The van der Waals surface area contributed by atoms with Gasteiger partial charge in [0.15, 0.2) is 0 Å². The molecular formula is C13H9NO6S2. The second-order valence-electron chi connectivity index (χ2n) is 4.06. The molecule has 0 amide bonds. The van der Waals surface area contributed by atoms with Crippen molar-refractivity contribution >= 4 is 31.3 Å². The average Bonchev–Trinajstić information content (AvgIpc) is 2.47. The van der Waals surface area contributed by atoms with Gasteiger partial charge in [-0.1, -0.05) is 24.3 Å². The van der Waals surface area contributed by atoms with Crippen LogP contribution in [-0.2, 0) is 8.87 Å². The van der Waals surface area contributed by atoms with Crippen molar-refractivity contribution in [2.45, 2.75) is 9.79 Å². The van der Waals surface area contributed by atoms with Crippen LogP contribution in [0.1, 0.15) is 10.4 Å². The van der Waals surface area contributed by atoms with Crippen LogP contribution in [0.25, 0.3) is 0 Å². The number of hydrogen-bond donors (Lipinski definition) is 1. The summed E-state index contributed by atoms with van der Waals surface area (Å²) in [5, 5.41) is 20.0. The second kappa shape index (κ2) is 6.16. The van der Waals surface area contributed by atoms with Gasteiger partial charge in [0.1, 0.15) is 4.90 Å². The largest absolute Gasteiger partial charge is 0.478 e. The summed E-state index contributed by atoms with van der Waals surface area (Å²) in [4.78, 5) is 20.9. The van der Waals surface area contributed by atoms with Gasteiger partial charge in [0.05, 0.1) is 15.4 Å². The van der Waals surface area contributed by atoms with E-state index in [1.54, 1.807) is 0 Å². The molecule has 0 spiro atoms. The highest BCUT2D eigenvalue weighted by molar-refractivity contribution is 8.72. The number of nitro benzene ring substituents is 1. The first-order valence-corrected chi connectivity index (χ1v) is 8.65. The van der Waals surface area contributed by atoms with Crippen molar-refractivity contribution in [2.24, 2.45) is 0 Å². The monoisotopic (exact) mass is 339 g/mol. The third kappa shape index (κ3) is 3.26. The molecule has 114 valence electrons. The van der Waals surface area contributed by atoms with Gasteiger partial charge < -0.3 is 5.11 Å². The Bertz CT molecular complexity index is 847. The Morgan fingerprint density at radius 2 is 1.68 bits per heavy atom. The van der Waals surface area contributed by atoms with Crippen LogP contribution >= 0.6 is 10.8 Å². The fourth-order valence-electron chi connectivity index (χ4n) is 1.70. The van der Waals surface area contributed by atoms with Gasteiger partial charge >= 0.3 is 5.97 Å². The number of rotatable bonds is 5. The number of carboxylic acid groups (broad SMARTS) is 1. The van der Waals surface area contributed by atoms with Gasteiger partial charge in [-0.15, -0.1) is 0 Å². The zero-order valence-electron chi connectivity index (χ0n) is 10.9. The molecule has 7 nitrogen and oxygen atoms in total. The Morgan fingerprint density at radius 1 is 1.09 bits per heavy atom. The molecule has 0 aromatic heterocycles. The van der Waals surface area contributed by atoms with Crippen molar-refractivity contribution in [3.8, 4) is 0 Å². The molecule has 2 aromatic carbocycles. The number of benzene rings is 2. The fraction of sp³-hybridized carbons (Fsp3) is 0. The first-order chi connectivity index (χ1) is 10.3. The predicted molar refractivity (Wildman–Crippen MR) is 79.5 cm³/mol. The third-order valence-electron chi connectivity index (χ3n) is 2.65. The summed E-state index contributed by atoms with van der Waals surface area (Å²) in [6.07, 6.45) is 0. The molecular weight excluding hydrogens is 330 g/mol. The van der Waals surface area contributed by atoms with Crippen molar-refractivity contribution < 1.29 is 23.2 Å². The number of para-hydroxylation sites is 1. The zero-order chi connectivity index (χ0) is 16.3. The quantitative estimate of drug-likeness (QED) is 0.506. The maximum Gasteiger partial charge on any atom is 0.337 e. The van der Waals surface area contributed by atoms with E-state index >= 15 is 0 Å². The molecule has 9 heteroatoms. The Kier molecular flexibility index (Phi) is 4.48.